The Hall–Kier alpha value is -7.20. The molecule has 0 N–H and O–H groups in total. The molecule has 2 aliphatic carbocycles. The molecule has 12 aromatic rings. The van der Waals surface area contributed by atoms with Gasteiger partial charge in [-0.05, 0) is 93.0 Å². The molecular formula is C55H32N2S. The summed E-state index contributed by atoms with van der Waals surface area (Å²) in [5, 5.41) is 7.76. The van der Waals surface area contributed by atoms with E-state index >= 15 is 0 Å². The van der Waals surface area contributed by atoms with Crippen molar-refractivity contribution in [2.45, 2.75) is 5.41 Å². The average Bonchev–Trinajstić information content (AvgIpc) is 4.07. The van der Waals surface area contributed by atoms with Crippen molar-refractivity contribution in [1.82, 2.24) is 9.13 Å². The zero-order chi connectivity index (χ0) is 37.7. The Labute approximate surface area is 338 Å². The molecule has 0 bridgehead atoms. The third-order valence-electron chi connectivity index (χ3n) is 13.3. The predicted octanol–water partition coefficient (Wildman–Crippen LogP) is 14.6. The Balaban J connectivity index is 1.10. The molecule has 0 atom stereocenters. The molecule has 0 saturated carbocycles. The molecule has 0 unspecified atom stereocenters. The van der Waals surface area contributed by atoms with Gasteiger partial charge in [-0.25, -0.2) is 0 Å². The Morgan fingerprint density at radius 2 is 0.776 bits per heavy atom. The first-order valence-electron chi connectivity index (χ1n) is 20.1. The molecule has 3 heterocycles. The number of aromatic nitrogens is 2. The van der Waals surface area contributed by atoms with Crippen molar-refractivity contribution >= 4 is 75.1 Å². The molecule has 9 aromatic carbocycles. The molecule has 0 aliphatic heterocycles. The van der Waals surface area contributed by atoms with E-state index in [1.807, 2.05) is 11.3 Å². The lowest BCUT2D eigenvalue weighted by molar-refractivity contribution is 0.791. The summed E-state index contributed by atoms with van der Waals surface area (Å²) in [6.45, 7) is 0. The molecular weight excluding hydrogens is 721 g/mol. The minimum atomic E-state index is -0.506. The lowest BCUT2D eigenvalue weighted by Crippen LogP contribution is -2.26. The van der Waals surface area contributed by atoms with Crippen molar-refractivity contribution in [2.75, 3.05) is 0 Å². The highest BCUT2D eigenvalue weighted by Crippen LogP contribution is 2.63. The Morgan fingerprint density at radius 3 is 1.40 bits per heavy atom. The summed E-state index contributed by atoms with van der Waals surface area (Å²) in [6.07, 6.45) is 0. The van der Waals surface area contributed by atoms with Gasteiger partial charge in [0, 0.05) is 48.4 Å². The Morgan fingerprint density at radius 1 is 0.328 bits per heavy atom. The first kappa shape index (κ1) is 31.0. The topological polar surface area (TPSA) is 9.86 Å². The van der Waals surface area contributed by atoms with Gasteiger partial charge in [0.05, 0.1) is 32.2 Å². The zero-order valence-corrected chi connectivity index (χ0v) is 32.1. The van der Waals surface area contributed by atoms with Gasteiger partial charge in [0.1, 0.15) is 0 Å². The lowest BCUT2D eigenvalue weighted by atomic mass is 9.70. The van der Waals surface area contributed by atoms with E-state index in [9.17, 15) is 0 Å². The van der Waals surface area contributed by atoms with Gasteiger partial charge in [0.15, 0.2) is 0 Å². The van der Waals surface area contributed by atoms with Crippen LogP contribution in [0.5, 0.6) is 0 Å². The van der Waals surface area contributed by atoms with Crippen LogP contribution in [0.1, 0.15) is 22.3 Å². The number of hydrogen-bond donors (Lipinski definition) is 0. The van der Waals surface area contributed by atoms with Gasteiger partial charge in [-0.2, -0.15) is 0 Å². The second-order valence-corrected chi connectivity index (χ2v) is 17.0. The second kappa shape index (κ2) is 11.0. The molecule has 3 aromatic heterocycles. The first-order chi connectivity index (χ1) is 28.8. The average molecular weight is 753 g/mol. The van der Waals surface area contributed by atoms with Crippen LogP contribution in [0.25, 0.3) is 97.4 Å². The summed E-state index contributed by atoms with van der Waals surface area (Å²) in [4.78, 5) is 0. The van der Waals surface area contributed by atoms with Crippen LogP contribution >= 0.6 is 11.3 Å². The quantitative estimate of drug-likeness (QED) is 0.166. The minimum absolute atomic E-state index is 0.506. The summed E-state index contributed by atoms with van der Waals surface area (Å²) in [7, 11) is 0. The molecule has 1 spiro atoms. The maximum atomic E-state index is 2.55. The van der Waals surface area contributed by atoms with E-state index in [4.69, 9.17) is 0 Å². The van der Waals surface area contributed by atoms with Crippen molar-refractivity contribution in [3.05, 3.63) is 216 Å². The summed E-state index contributed by atoms with van der Waals surface area (Å²) in [5.74, 6) is 0. The standard InChI is InChI=1S/C55H32N2S/c1-7-19-45-35(13-1)36-14-2-8-20-46(36)55(45)47-31-33(56-49-21-9-3-15-39(49)40-16-4-10-22-50(40)56)25-27-37(47)38-28-26-34(32-48(38)55)57-51-23-11-5-17-41(51)43-29-30-44-42-18-6-12-24-52(42)58-54(44)53(43)57/h1-32H. The van der Waals surface area contributed by atoms with Gasteiger partial charge >= 0.3 is 0 Å². The second-order valence-electron chi connectivity index (χ2n) is 16.0. The zero-order valence-electron chi connectivity index (χ0n) is 31.3. The highest BCUT2D eigenvalue weighted by molar-refractivity contribution is 7.26. The number of para-hydroxylation sites is 3. The summed E-state index contributed by atoms with van der Waals surface area (Å²) in [6, 6.07) is 73.0. The van der Waals surface area contributed by atoms with Gasteiger partial charge in [0.2, 0.25) is 0 Å². The van der Waals surface area contributed by atoms with E-state index < -0.39 is 5.41 Å². The number of hydrogen-bond acceptors (Lipinski definition) is 1. The van der Waals surface area contributed by atoms with Gasteiger partial charge < -0.3 is 9.13 Å². The molecule has 268 valence electrons. The maximum Gasteiger partial charge on any atom is 0.0727 e. The fraction of sp³-hybridized carbons (Fsp3) is 0.0182. The SMILES string of the molecule is c1ccc2c(c1)-c1ccccc1C21c2cc(-n3c4ccccc4c4ccccc43)ccc2-c2ccc(-n3c4ccccc4c4ccc5c6ccccc6sc5c43)cc21. The van der Waals surface area contributed by atoms with Crippen LogP contribution in [0.4, 0.5) is 0 Å². The van der Waals surface area contributed by atoms with Crippen molar-refractivity contribution in [3.63, 3.8) is 0 Å². The highest BCUT2D eigenvalue weighted by atomic mass is 32.1. The monoisotopic (exact) mass is 752 g/mol. The van der Waals surface area contributed by atoms with Crippen molar-refractivity contribution in [1.29, 1.82) is 0 Å². The normalized spacial score (nSPS) is 13.7. The smallest absolute Gasteiger partial charge is 0.0727 e. The van der Waals surface area contributed by atoms with Crippen LogP contribution in [-0.4, -0.2) is 9.13 Å². The molecule has 2 nitrogen and oxygen atoms in total. The number of nitrogens with zero attached hydrogens (tertiary/aromatic N) is 2. The van der Waals surface area contributed by atoms with Crippen LogP contribution in [0.3, 0.4) is 0 Å². The molecule has 0 radical (unpaired) electrons. The van der Waals surface area contributed by atoms with Crippen LogP contribution in [0, 0.1) is 0 Å². The van der Waals surface area contributed by atoms with Gasteiger partial charge in [-0.3, -0.25) is 0 Å². The van der Waals surface area contributed by atoms with E-state index in [0.29, 0.717) is 0 Å². The van der Waals surface area contributed by atoms with Gasteiger partial charge in [-0.1, -0.05) is 146 Å². The molecule has 3 heteroatoms. The van der Waals surface area contributed by atoms with Crippen molar-refractivity contribution < 1.29 is 0 Å². The van der Waals surface area contributed by atoms with Crippen LogP contribution in [0.2, 0.25) is 0 Å². The molecule has 0 amide bonds. The number of benzene rings is 9. The number of thiophene rings is 1. The fourth-order valence-corrected chi connectivity index (χ4v) is 12.3. The third kappa shape index (κ3) is 3.69. The van der Waals surface area contributed by atoms with Crippen LogP contribution in [0.15, 0.2) is 194 Å². The Bertz CT molecular complexity index is 3660. The van der Waals surface area contributed by atoms with Gasteiger partial charge in [-0.15, -0.1) is 11.3 Å². The van der Waals surface area contributed by atoms with Crippen molar-refractivity contribution in [3.8, 4) is 33.6 Å². The maximum absolute atomic E-state index is 2.55. The Kier molecular flexibility index (Phi) is 5.87. The molecule has 0 fully saturated rings. The number of fused-ring (bicyclic) bond motifs is 20. The van der Waals surface area contributed by atoms with E-state index in [0.717, 1.165) is 0 Å². The largest absolute Gasteiger partial charge is 0.309 e. The molecule has 0 saturated heterocycles. The highest BCUT2D eigenvalue weighted by Gasteiger charge is 2.52. The van der Waals surface area contributed by atoms with Gasteiger partial charge in [0.25, 0.3) is 0 Å². The minimum Gasteiger partial charge on any atom is -0.309 e. The number of rotatable bonds is 2. The molecule has 14 rings (SSSR count). The fourth-order valence-electron chi connectivity index (χ4n) is 11.1. The summed E-state index contributed by atoms with van der Waals surface area (Å²) >= 11 is 1.91. The third-order valence-corrected chi connectivity index (χ3v) is 14.5. The van der Waals surface area contributed by atoms with Crippen molar-refractivity contribution in [2.24, 2.45) is 0 Å². The van der Waals surface area contributed by atoms with Crippen LogP contribution < -0.4 is 0 Å². The molecule has 2 aliphatic rings. The predicted molar refractivity (Wildman–Crippen MR) is 244 cm³/mol. The lowest BCUT2D eigenvalue weighted by Gasteiger charge is -2.31. The van der Waals surface area contributed by atoms with E-state index in [1.54, 1.807) is 0 Å². The van der Waals surface area contributed by atoms with E-state index in [1.165, 1.54) is 120 Å². The summed E-state index contributed by atoms with van der Waals surface area (Å²) < 4.78 is 7.67. The molecule has 58 heavy (non-hydrogen) atoms. The first-order valence-corrected chi connectivity index (χ1v) is 20.9. The van der Waals surface area contributed by atoms with E-state index in [2.05, 4.69) is 203 Å². The van der Waals surface area contributed by atoms with Crippen LogP contribution in [-0.2, 0) is 5.41 Å². The summed E-state index contributed by atoms with van der Waals surface area (Å²) in [5.41, 5.74) is 17.4. The van der Waals surface area contributed by atoms with E-state index in [-0.39, 0.29) is 0 Å².